The summed E-state index contributed by atoms with van der Waals surface area (Å²) < 4.78 is 0. The molecule has 29 heavy (non-hydrogen) atoms. The summed E-state index contributed by atoms with van der Waals surface area (Å²) in [7, 11) is 0. The van der Waals surface area contributed by atoms with Crippen molar-refractivity contribution >= 4 is 22.8 Å². The summed E-state index contributed by atoms with van der Waals surface area (Å²) in [5.74, 6) is 0. The Kier molecular flexibility index (Phi) is 32.1. The number of oxime groups is 4. The van der Waals surface area contributed by atoms with E-state index in [1.807, 2.05) is 25.1 Å². The molecule has 0 atom stereocenters. The monoisotopic (exact) mass is 453 g/mol. The van der Waals surface area contributed by atoms with E-state index in [4.69, 9.17) is 20.8 Å². The number of hydrogen-bond donors (Lipinski definition) is 4. The first kappa shape index (κ1) is 33.8. The second kappa shape index (κ2) is 27.5. The molecule has 0 aliphatic rings. The third-order valence-corrected chi connectivity index (χ3v) is 2.85. The smallest absolute Gasteiger partial charge is 0.101 e. The third-order valence-electron chi connectivity index (χ3n) is 2.85. The molecule has 4 N–H and O–H groups in total. The molecule has 0 aromatic carbocycles. The molecule has 10 heteroatoms. The van der Waals surface area contributed by atoms with Crippen molar-refractivity contribution in [3.8, 4) is 0 Å². The molecule has 0 saturated heterocycles. The summed E-state index contributed by atoms with van der Waals surface area (Å²) in [5.41, 5.74) is 1.25. The predicted octanol–water partition coefficient (Wildman–Crippen LogP) is 4.62. The second-order valence-electron chi connectivity index (χ2n) is 5.05. The maximum Gasteiger partial charge on any atom is 0.101 e. The molecule has 0 fully saturated rings. The van der Waals surface area contributed by atoms with Crippen molar-refractivity contribution in [3.63, 3.8) is 0 Å². The first-order valence-corrected chi connectivity index (χ1v) is 8.45. The number of unbranched alkanes of at least 4 members (excludes halogenated alkanes) is 1. The molecule has 0 bridgehead atoms. The minimum atomic E-state index is 0. The van der Waals surface area contributed by atoms with Crippen LogP contribution in [0.25, 0.3) is 0 Å². The van der Waals surface area contributed by atoms with Gasteiger partial charge in [0, 0.05) is 29.2 Å². The van der Waals surface area contributed by atoms with Crippen molar-refractivity contribution in [2.45, 2.75) is 54.4 Å². The van der Waals surface area contributed by atoms with Gasteiger partial charge in [0.15, 0.2) is 0 Å². The van der Waals surface area contributed by atoms with E-state index >= 15 is 0 Å². The van der Waals surface area contributed by atoms with E-state index < -0.39 is 0 Å². The molecule has 0 aliphatic heterocycles. The van der Waals surface area contributed by atoms with Gasteiger partial charge in [-0.25, -0.2) is 0 Å². The van der Waals surface area contributed by atoms with Crippen LogP contribution in [0.3, 0.4) is 0 Å². The molecule has 167 valence electrons. The molecular formula is C19H32CoN5O4-. The molecular weight excluding hydrogens is 421 g/mol. The van der Waals surface area contributed by atoms with Gasteiger partial charge in [0.2, 0.25) is 0 Å². The average Bonchev–Trinajstić information content (AvgIpc) is 2.77. The van der Waals surface area contributed by atoms with Gasteiger partial charge in [-0.1, -0.05) is 46.5 Å². The molecule has 1 aromatic rings. The van der Waals surface area contributed by atoms with E-state index in [0.717, 1.165) is 0 Å². The van der Waals surface area contributed by atoms with E-state index in [-0.39, 0.29) is 16.8 Å². The van der Waals surface area contributed by atoms with Crippen molar-refractivity contribution in [1.82, 2.24) is 4.98 Å². The van der Waals surface area contributed by atoms with Crippen molar-refractivity contribution < 1.29 is 37.6 Å². The van der Waals surface area contributed by atoms with Gasteiger partial charge in [-0.15, -0.1) is 0 Å². The van der Waals surface area contributed by atoms with E-state index in [2.05, 4.69) is 44.7 Å². The van der Waals surface area contributed by atoms with Crippen LogP contribution in [0.5, 0.6) is 0 Å². The van der Waals surface area contributed by atoms with Crippen LogP contribution in [0.15, 0.2) is 57.3 Å². The minimum Gasteiger partial charge on any atom is -0.504 e. The quantitative estimate of drug-likeness (QED) is 0.228. The average molecular weight is 453 g/mol. The largest absolute Gasteiger partial charge is 0.504 e. The molecule has 1 aromatic heterocycles. The SMILES string of the molecule is CC(=N\O)/C(C)=N/O.CC(=N\O)/C(C)=N/O.C[C-]=CCCC.[Co].c1ccncc1. The molecule has 0 saturated carbocycles. The van der Waals surface area contributed by atoms with Crippen molar-refractivity contribution in [2.75, 3.05) is 0 Å². The van der Waals surface area contributed by atoms with Crippen LogP contribution >= 0.6 is 0 Å². The maximum atomic E-state index is 8.03. The molecule has 1 rings (SSSR count). The van der Waals surface area contributed by atoms with Crippen molar-refractivity contribution in [1.29, 1.82) is 0 Å². The van der Waals surface area contributed by atoms with Crippen molar-refractivity contribution in [2.24, 2.45) is 20.6 Å². The fourth-order valence-corrected chi connectivity index (χ4v) is 0.891. The first-order chi connectivity index (χ1) is 13.4. The van der Waals surface area contributed by atoms with Gasteiger partial charge in [-0.2, -0.15) is 6.92 Å². The summed E-state index contributed by atoms with van der Waals surface area (Å²) in [4.78, 5) is 3.78. The summed E-state index contributed by atoms with van der Waals surface area (Å²) in [6.07, 6.45) is 10.9. The van der Waals surface area contributed by atoms with E-state index in [9.17, 15) is 0 Å². The van der Waals surface area contributed by atoms with Gasteiger partial charge in [0.05, 0.1) is 0 Å². The Morgan fingerprint density at radius 1 is 0.793 bits per heavy atom. The van der Waals surface area contributed by atoms with Gasteiger partial charge in [-0.3, -0.25) is 11.1 Å². The van der Waals surface area contributed by atoms with Gasteiger partial charge in [0.1, 0.15) is 22.8 Å². The number of hydrogen-bond acceptors (Lipinski definition) is 9. The van der Waals surface area contributed by atoms with Gasteiger partial charge >= 0.3 is 0 Å². The fourth-order valence-electron chi connectivity index (χ4n) is 0.891. The Balaban J connectivity index is -0.000000143. The van der Waals surface area contributed by atoms with Gasteiger partial charge in [-0.05, 0) is 39.8 Å². The summed E-state index contributed by atoms with van der Waals surface area (Å²) in [5, 5.41) is 43.3. The Hall–Kier alpha value is -2.72. The van der Waals surface area contributed by atoms with E-state index in [1.165, 1.54) is 40.5 Å². The van der Waals surface area contributed by atoms with Crippen LogP contribution < -0.4 is 0 Å². The summed E-state index contributed by atoms with van der Waals surface area (Å²) in [6.45, 7) is 10.2. The summed E-state index contributed by atoms with van der Waals surface area (Å²) >= 11 is 0. The maximum absolute atomic E-state index is 8.03. The van der Waals surface area contributed by atoms with Crippen LogP contribution in [-0.4, -0.2) is 48.7 Å². The number of allylic oxidation sites excluding steroid dienone is 2. The molecule has 0 amide bonds. The number of pyridine rings is 1. The Morgan fingerprint density at radius 3 is 1.24 bits per heavy atom. The zero-order valence-electron chi connectivity index (χ0n) is 17.7. The van der Waals surface area contributed by atoms with Crippen LogP contribution in [-0.2, 0) is 16.8 Å². The zero-order chi connectivity index (χ0) is 22.2. The fraction of sp³-hybridized carbons (Fsp3) is 0.421. The van der Waals surface area contributed by atoms with Crippen LogP contribution in [0.2, 0.25) is 0 Å². The molecule has 1 radical (unpaired) electrons. The van der Waals surface area contributed by atoms with Crippen LogP contribution in [0.1, 0.15) is 54.4 Å². The number of nitrogens with zero attached hydrogens (tertiary/aromatic N) is 5. The Labute approximate surface area is 183 Å². The third kappa shape index (κ3) is 27.6. The molecule has 9 nitrogen and oxygen atoms in total. The molecule has 0 unspecified atom stereocenters. The number of aromatic nitrogens is 1. The Bertz CT molecular complexity index is 528. The van der Waals surface area contributed by atoms with Crippen LogP contribution in [0, 0.1) is 6.08 Å². The van der Waals surface area contributed by atoms with Crippen molar-refractivity contribution in [3.05, 3.63) is 42.7 Å². The van der Waals surface area contributed by atoms with E-state index in [0.29, 0.717) is 22.8 Å². The predicted molar refractivity (Wildman–Crippen MR) is 112 cm³/mol. The second-order valence-corrected chi connectivity index (χ2v) is 5.05. The molecule has 1 heterocycles. The van der Waals surface area contributed by atoms with Gasteiger partial charge in [0.25, 0.3) is 0 Å². The van der Waals surface area contributed by atoms with E-state index in [1.54, 1.807) is 12.4 Å². The topological polar surface area (TPSA) is 143 Å². The summed E-state index contributed by atoms with van der Waals surface area (Å²) in [6, 6.07) is 5.72. The normalized spacial score (nSPS) is 11.7. The Morgan fingerprint density at radius 2 is 1.14 bits per heavy atom. The standard InChI is InChI=1S/C6H11.C5H5N.2C4H8N2O2.Co/c1-3-5-6-4-2;1-2-4-6-5-3-1;2*1-3(5-7)4(2)6-8;/h6H,3,5H2,1-2H3;1-5H;2*7-8H,1-2H3;/q-1;;;;/b;;2*5-3+,6-4+;. The molecule has 0 spiro atoms. The first-order valence-electron chi connectivity index (χ1n) is 8.45. The minimum absolute atomic E-state index is 0. The van der Waals surface area contributed by atoms with Crippen LogP contribution in [0.4, 0.5) is 0 Å². The molecule has 0 aliphatic carbocycles. The zero-order valence-corrected chi connectivity index (χ0v) is 18.8. The number of rotatable bonds is 4. The van der Waals surface area contributed by atoms with Gasteiger partial charge < -0.3 is 26.9 Å².